The van der Waals surface area contributed by atoms with Crippen molar-refractivity contribution >= 4 is 11.2 Å². The lowest BCUT2D eigenvalue weighted by molar-refractivity contribution is 0.0638. The first-order valence-corrected chi connectivity index (χ1v) is 13.1. The molecule has 7 heteroatoms. The summed E-state index contributed by atoms with van der Waals surface area (Å²) in [6.07, 6.45) is 10.4. The van der Waals surface area contributed by atoms with Crippen LogP contribution in [0, 0.1) is 0 Å². The van der Waals surface area contributed by atoms with Crippen molar-refractivity contribution in [2.45, 2.75) is 57.2 Å². The fraction of sp³-hybridized carbons (Fsp3) is 0.414. The Morgan fingerprint density at radius 2 is 1.86 bits per heavy atom. The van der Waals surface area contributed by atoms with Crippen molar-refractivity contribution in [1.82, 2.24) is 24.4 Å². The summed E-state index contributed by atoms with van der Waals surface area (Å²) in [5, 5.41) is 10.6. The van der Waals surface area contributed by atoms with E-state index in [0.717, 1.165) is 36.2 Å². The second-order valence-corrected chi connectivity index (χ2v) is 10.1. The monoisotopic (exact) mass is 483 g/mol. The maximum atomic E-state index is 10.6. The van der Waals surface area contributed by atoms with Gasteiger partial charge in [0.15, 0.2) is 11.5 Å². The fourth-order valence-corrected chi connectivity index (χ4v) is 5.57. The summed E-state index contributed by atoms with van der Waals surface area (Å²) in [7, 11) is 0. The molecule has 4 aromatic rings. The van der Waals surface area contributed by atoms with E-state index in [0.29, 0.717) is 24.2 Å². The van der Waals surface area contributed by atoms with Gasteiger partial charge in [-0.1, -0.05) is 55.7 Å². The number of aliphatic hydroxyl groups excluding tert-OH is 1. The average molecular weight is 484 g/mol. The van der Waals surface area contributed by atoms with Crippen LogP contribution < -0.4 is 4.74 Å². The molecule has 0 amide bonds. The highest BCUT2D eigenvalue weighted by Gasteiger charge is 2.20. The zero-order valence-corrected chi connectivity index (χ0v) is 20.6. The summed E-state index contributed by atoms with van der Waals surface area (Å²) in [5.74, 6) is 1.37. The predicted octanol–water partition coefficient (Wildman–Crippen LogP) is 4.80. The molecule has 1 atom stereocenters. The van der Waals surface area contributed by atoms with Gasteiger partial charge in [-0.15, -0.1) is 0 Å². The first-order valence-electron chi connectivity index (χ1n) is 13.1. The fourth-order valence-electron chi connectivity index (χ4n) is 5.57. The second kappa shape index (κ2) is 10.4. The van der Waals surface area contributed by atoms with Crippen LogP contribution in [0.2, 0.25) is 0 Å². The van der Waals surface area contributed by atoms with Crippen LogP contribution in [0.3, 0.4) is 0 Å². The molecule has 0 radical (unpaired) electrons. The number of hydrogen-bond donors (Lipinski definition) is 1. The maximum absolute atomic E-state index is 10.6. The molecule has 1 N–H and O–H groups in total. The van der Waals surface area contributed by atoms with Gasteiger partial charge in [-0.05, 0) is 42.5 Å². The number of β-amino-alcohol motifs (C(OH)–C–C–N with tert-alkyl or cyclic N) is 1. The summed E-state index contributed by atoms with van der Waals surface area (Å²) in [5.41, 5.74) is 5.40. The van der Waals surface area contributed by atoms with E-state index in [-0.39, 0.29) is 6.61 Å². The van der Waals surface area contributed by atoms with Crippen LogP contribution in [0.25, 0.3) is 22.6 Å². The number of aliphatic hydroxyl groups is 1. The van der Waals surface area contributed by atoms with Crippen LogP contribution in [0.5, 0.6) is 5.75 Å². The van der Waals surface area contributed by atoms with E-state index in [9.17, 15) is 5.11 Å². The van der Waals surface area contributed by atoms with Crippen LogP contribution in [0.4, 0.5) is 0 Å². The Labute approximate surface area is 211 Å². The lowest BCUT2D eigenvalue weighted by Crippen LogP contribution is -2.38. The zero-order chi connectivity index (χ0) is 24.3. The first-order chi connectivity index (χ1) is 17.7. The molecule has 1 saturated carbocycles. The Morgan fingerprint density at radius 3 is 2.75 bits per heavy atom. The van der Waals surface area contributed by atoms with Crippen molar-refractivity contribution in [3.63, 3.8) is 0 Å². The van der Waals surface area contributed by atoms with Gasteiger partial charge in [0, 0.05) is 31.2 Å². The standard InChI is InChI=1S/C29H33N5O2/c35-25(18-33-14-13-21-7-4-5-8-23(21)17-33)19-36-26-12-6-9-22(15-26)28-30-16-27-29(32-28)34(20-31-27)24-10-2-1-3-11-24/h4-9,12,15-16,20,24-25,35H,1-3,10-11,13-14,17-19H2. The van der Waals surface area contributed by atoms with Gasteiger partial charge >= 0.3 is 0 Å². The third-order valence-corrected chi connectivity index (χ3v) is 7.50. The lowest BCUT2D eigenvalue weighted by atomic mass is 9.95. The Balaban J connectivity index is 1.11. The number of imidazole rings is 1. The molecule has 2 aliphatic rings. The van der Waals surface area contributed by atoms with Crippen molar-refractivity contribution in [1.29, 1.82) is 0 Å². The summed E-state index contributed by atoms with van der Waals surface area (Å²) in [6, 6.07) is 16.8. The molecule has 7 nitrogen and oxygen atoms in total. The third kappa shape index (κ3) is 4.99. The maximum Gasteiger partial charge on any atom is 0.164 e. The highest BCUT2D eigenvalue weighted by molar-refractivity contribution is 5.73. The highest BCUT2D eigenvalue weighted by Crippen LogP contribution is 2.31. The van der Waals surface area contributed by atoms with Crippen molar-refractivity contribution in [3.8, 4) is 17.1 Å². The second-order valence-electron chi connectivity index (χ2n) is 10.1. The van der Waals surface area contributed by atoms with Crippen LogP contribution in [0.1, 0.15) is 49.3 Å². The molecular weight excluding hydrogens is 450 g/mol. The van der Waals surface area contributed by atoms with Gasteiger partial charge in [-0.2, -0.15) is 0 Å². The lowest BCUT2D eigenvalue weighted by Gasteiger charge is -2.30. The molecule has 0 bridgehead atoms. The summed E-state index contributed by atoms with van der Waals surface area (Å²) in [6.45, 7) is 2.68. The number of hydrogen-bond acceptors (Lipinski definition) is 6. The van der Waals surface area contributed by atoms with Gasteiger partial charge < -0.3 is 14.4 Å². The van der Waals surface area contributed by atoms with Crippen LogP contribution in [-0.2, 0) is 13.0 Å². The van der Waals surface area contributed by atoms with E-state index >= 15 is 0 Å². The van der Waals surface area contributed by atoms with Crippen LogP contribution >= 0.6 is 0 Å². The van der Waals surface area contributed by atoms with Crippen LogP contribution in [0.15, 0.2) is 61.1 Å². The number of aromatic nitrogens is 4. The van der Waals surface area contributed by atoms with Gasteiger partial charge in [0.2, 0.25) is 0 Å². The largest absolute Gasteiger partial charge is 0.491 e. The molecule has 1 aliphatic heterocycles. The highest BCUT2D eigenvalue weighted by atomic mass is 16.5. The molecular formula is C29H33N5O2. The molecule has 1 aliphatic carbocycles. The molecule has 6 rings (SSSR count). The normalized spacial score (nSPS) is 17.7. The van der Waals surface area contributed by atoms with Gasteiger partial charge in [0.1, 0.15) is 24.0 Å². The number of ether oxygens (including phenoxy) is 1. The van der Waals surface area contributed by atoms with Gasteiger partial charge in [-0.3, -0.25) is 4.90 Å². The molecule has 0 saturated heterocycles. The Morgan fingerprint density at radius 1 is 1.00 bits per heavy atom. The number of fused-ring (bicyclic) bond motifs is 2. The van der Waals surface area contributed by atoms with E-state index in [1.54, 1.807) is 0 Å². The molecule has 2 aromatic carbocycles. The number of nitrogens with zero attached hydrogens (tertiary/aromatic N) is 5. The molecule has 3 heterocycles. The van der Waals surface area contributed by atoms with Gasteiger partial charge in [-0.25, -0.2) is 15.0 Å². The quantitative estimate of drug-likeness (QED) is 0.407. The molecule has 0 spiro atoms. The first kappa shape index (κ1) is 23.1. The third-order valence-electron chi connectivity index (χ3n) is 7.50. The van der Waals surface area contributed by atoms with Crippen molar-refractivity contribution < 1.29 is 9.84 Å². The SMILES string of the molecule is OC(COc1cccc(-c2ncc3ncn(C4CCCCC4)c3n2)c1)CN1CCc2ccccc2C1. The van der Waals surface area contributed by atoms with Gasteiger partial charge in [0.25, 0.3) is 0 Å². The van der Waals surface area contributed by atoms with Crippen molar-refractivity contribution in [2.75, 3.05) is 19.7 Å². The minimum Gasteiger partial charge on any atom is -0.491 e. The Kier molecular flexibility index (Phi) is 6.66. The van der Waals surface area contributed by atoms with E-state index in [1.807, 2.05) is 36.8 Å². The molecule has 186 valence electrons. The molecule has 2 aromatic heterocycles. The molecule has 36 heavy (non-hydrogen) atoms. The van der Waals surface area contributed by atoms with E-state index in [1.165, 1.54) is 43.2 Å². The summed E-state index contributed by atoms with van der Waals surface area (Å²) < 4.78 is 8.21. The summed E-state index contributed by atoms with van der Waals surface area (Å²) in [4.78, 5) is 16.3. The zero-order valence-electron chi connectivity index (χ0n) is 20.6. The van der Waals surface area contributed by atoms with E-state index in [4.69, 9.17) is 9.72 Å². The minimum atomic E-state index is -0.559. The molecule has 1 fully saturated rings. The Hall–Kier alpha value is -3.29. The van der Waals surface area contributed by atoms with Crippen molar-refractivity contribution in [2.24, 2.45) is 0 Å². The number of benzene rings is 2. The van der Waals surface area contributed by atoms with E-state index < -0.39 is 6.10 Å². The topological polar surface area (TPSA) is 76.3 Å². The minimum absolute atomic E-state index is 0.246. The average Bonchev–Trinajstić information content (AvgIpc) is 3.36. The predicted molar refractivity (Wildman–Crippen MR) is 140 cm³/mol. The van der Waals surface area contributed by atoms with Crippen LogP contribution in [-0.4, -0.2) is 55.3 Å². The molecule has 1 unspecified atom stereocenters. The summed E-state index contributed by atoms with van der Waals surface area (Å²) >= 11 is 0. The Bertz CT molecular complexity index is 1330. The number of rotatable bonds is 7. The smallest absolute Gasteiger partial charge is 0.164 e. The van der Waals surface area contributed by atoms with E-state index in [2.05, 4.69) is 43.7 Å². The van der Waals surface area contributed by atoms with Gasteiger partial charge in [0.05, 0.1) is 12.5 Å². The van der Waals surface area contributed by atoms with Crippen molar-refractivity contribution in [3.05, 3.63) is 72.2 Å².